The van der Waals surface area contributed by atoms with Crippen LogP contribution in [0.25, 0.3) is 5.78 Å². The van der Waals surface area contributed by atoms with Gasteiger partial charge in [-0.1, -0.05) is 0 Å². The number of carbonyl (C=O) groups excluding carboxylic acids is 1. The van der Waals surface area contributed by atoms with Gasteiger partial charge in [0.05, 0.1) is 17.8 Å². The van der Waals surface area contributed by atoms with E-state index in [1.165, 1.54) is 36.7 Å². The number of rotatable bonds is 6. The second-order valence-electron chi connectivity index (χ2n) is 7.86. The van der Waals surface area contributed by atoms with Crippen molar-refractivity contribution in [3.05, 3.63) is 64.7 Å². The van der Waals surface area contributed by atoms with E-state index < -0.39 is 0 Å². The SMILES string of the molecule is O=C(NC1=CC=CN(c2csc(CCC3CCOCC3)c2)C1)c1cnc2nncn2c1. The summed E-state index contributed by atoms with van der Waals surface area (Å²) in [5, 5.41) is 12.8. The highest BCUT2D eigenvalue weighted by molar-refractivity contribution is 7.10. The summed E-state index contributed by atoms with van der Waals surface area (Å²) in [6.07, 6.45) is 15.4. The molecule has 0 unspecified atom stereocenters. The van der Waals surface area contributed by atoms with Crippen molar-refractivity contribution in [3.8, 4) is 0 Å². The van der Waals surface area contributed by atoms with Crippen molar-refractivity contribution in [2.24, 2.45) is 5.92 Å². The summed E-state index contributed by atoms with van der Waals surface area (Å²) >= 11 is 1.81. The number of hydrogen-bond donors (Lipinski definition) is 1. The smallest absolute Gasteiger partial charge is 0.258 e. The van der Waals surface area contributed by atoms with E-state index in [0.29, 0.717) is 17.9 Å². The Morgan fingerprint density at radius 3 is 3.13 bits per heavy atom. The van der Waals surface area contributed by atoms with E-state index in [1.54, 1.807) is 10.6 Å². The molecule has 0 radical (unpaired) electrons. The maximum Gasteiger partial charge on any atom is 0.258 e. The number of nitrogens with one attached hydrogen (secondary N) is 1. The van der Waals surface area contributed by atoms with Gasteiger partial charge >= 0.3 is 0 Å². The van der Waals surface area contributed by atoms with Crippen LogP contribution in [-0.4, -0.2) is 45.2 Å². The monoisotopic (exact) mass is 436 g/mol. The first-order valence-electron chi connectivity index (χ1n) is 10.5. The van der Waals surface area contributed by atoms with Gasteiger partial charge in [-0.25, -0.2) is 4.98 Å². The Morgan fingerprint density at radius 2 is 2.23 bits per heavy atom. The van der Waals surface area contributed by atoms with Crippen molar-refractivity contribution >= 4 is 28.7 Å². The van der Waals surface area contributed by atoms with Crippen molar-refractivity contribution in [2.45, 2.75) is 25.7 Å². The van der Waals surface area contributed by atoms with Crippen molar-refractivity contribution in [1.29, 1.82) is 0 Å². The minimum atomic E-state index is -0.202. The molecule has 0 saturated carbocycles. The molecule has 8 nitrogen and oxygen atoms in total. The van der Waals surface area contributed by atoms with Gasteiger partial charge in [0.2, 0.25) is 0 Å². The highest BCUT2D eigenvalue weighted by Gasteiger charge is 2.17. The van der Waals surface area contributed by atoms with Crippen LogP contribution >= 0.6 is 11.3 Å². The fourth-order valence-electron chi connectivity index (χ4n) is 3.91. The van der Waals surface area contributed by atoms with Crippen LogP contribution in [0.15, 0.2) is 54.2 Å². The third kappa shape index (κ3) is 4.67. The zero-order chi connectivity index (χ0) is 21.0. The Hall–Kier alpha value is -3.04. The van der Waals surface area contributed by atoms with Gasteiger partial charge in [-0.05, 0) is 49.8 Å². The number of fused-ring (bicyclic) bond motifs is 1. The molecule has 5 heterocycles. The standard InChI is InChI=1S/C22H24N6O2S/c29-21(17-11-23-22-26-24-15-28(22)12-17)25-18-2-1-7-27(13-18)19-10-20(31-14-19)4-3-16-5-8-30-9-6-16/h1-2,7,10-12,14-16H,3-6,8-9,13H2,(H,25,29). The summed E-state index contributed by atoms with van der Waals surface area (Å²) in [5.41, 5.74) is 2.46. The van der Waals surface area contributed by atoms with Gasteiger partial charge < -0.3 is 15.0 Å². The predicted octanol–water partition coefficient (Wildman–Crippen LogP) is 3.19. The van der Waals surface area contributed by atoms with Gasteiger partial charge in [-0.3, -0.25) is 9.20 Å². The number of ether oxygens (including phenoxy) is 1. The summed E-state index contributed by atoms with van der Waals surface area (Å²) in [6.45, 7) is 2.42. The molecule has 0 atom stereocenters. The molecule has 5 rings (SSSR count). The van der Waals surface area contributed by atoms with Crippen molar-refractivity contribution in [3.63, 3.8) is 0 Å². The summed E-state index contributed by atoms with van der Waals surface area (Å²) in [4.78, 5) is 20.4. The summed E-state index contributed by atoms with van der Waals surface area (Å²) in [5.74, 6) is 1.05. The lowest BCUT2D eigenvalue weighted by atomic mass is 9.95. The van der Waals surface area contributed by atoms with E-state index in [9.17, 15) is 4.79 Å². The molecule has 31 heavy (non-hydrogen) atoms. The molecule has 9 heteroatoms. The molecule has 1 amide bonds. The van der Waals surface area contributed by atoms with E-state index >= 15 is 0 Å². The minimum Gasteiger partial charge on any atom is -0.381 e. The number of thiophene rings is 1. The number of carbonyl (C=O) groups is 1. The molecular formula is C22H24N6O2S. The second-order valence-corrected chi connectivity index (χ2v) is 8.86. The first-order chi connectivity index (χ1) is 15.2. The summed E-state index contributed by atoms with van der Waals surface area (Å²) in [6, 6.07) is 2.27. The number of aryl methyl sites for hydroxylation is 1. The minimum absolute atomic E-state index is 0.202. The number of allylic oxidation sites excluding steroid dienone is 2. The molecular weight excluding hydrogens is 412 g/mol. The van der Waals surface area contributed by atoms with Crippen LogP contribution in [0.3, 0.4) is 0 Å². The zero-order valence-electron chi connectivity index (χ0n) is 17.1. The highest BCUT2D eigenvalue weighted by atomic mass is 32.1. The lowest BCUT2D eigenvalue weighted by molar-refractivity contribution is 0.0641. The molecule has 1 fully saturated rings. The van der Waals surface area contributed by atoms with Crippen molar-refractivity contribution in [2.75, 3.05) is 24.7 Å². The van der Waals surface area contributed by atoms with E-state index in [2.05, 4.69) is 36.8 Å². The van der Waals surface area contributed by atoms with Crippen LogP contribution in [0, 0.1) is 5.92 Å². The van der Waals surface area contributed by atoms with Crippen molar-refractivity contribution in [1.82, 2.24) is 24.9 Å². The maximum absolute atomic E-state index is 12.7. The van der Waals surface area contributed by atoms with E-state index in [4.69, 9.17) is 4.74 Å². The molecule has 3 aromatic heterocycles. The predicted molar refractivity (Wildman–Crippen MR) is 119 cm³/mol. The first kappa shape index (κ1) is 19.9. The molecule has 2 aliphatic rings. The van der Waals surface area contributed by atoms with Gasteiger partial charge in [-0.15, -0.1) is 21.5 Å². The number of anilines is 1. The molecule has 0 aliphatic carbocycles. The molecule has 0 bridgehead atoms. The normalized spacial score (nSPS) is 17.2. The van der Waals surface area contributed by atoms with Crippen LogP contribution in [-0.2, 0) is 11.2 Å². The molecule has 0 aromatic carbocycles. The number of aromatic nitrogens is 4. The Kier molecular flexibility index (Phi) is 5.77. The van der Waals surface area contributed by atoms with E-state index in [1.807, 2.05) is 29.7 Å². The van der Waals surface area contributed by atoms with Crippen molar-refractivity contribution < 1.29 is 9.53 Å². The van der Waals surface area contributed by atoms with Crippen LogP contribution in [0.2, 0.25) is 0 Å². The number of hydrogen-bond acceptors (Lipinski definition) is 7. The third-order valence-electron chi connectivity index (χ3n) is 5.70. The zero-order valence-corrected chi connectivity index (χ0v) is 17.9. The second kappa shape index (κ2) is 8.99. The number of nitrogens with zero attached hydrogens (tertiary/aromatic N) is 5. The Labute approximate surface area is 184 Å². The average molecular weight is 437 g/mol. The van der Waals surface area contributed by atoms with E-state index in [-0.39, 0.29) is 5.91 Å². The summed E-state index contributed by atoms with van der Waals surface area (Å²) < 4.78 is 7.09. The Morgan fingerprint density at radius 1 is 1.32 bits per heavy atom. The highest BCUT2D eigenvalue weighted by Crippen LogP contribution is 2.28. The molecule has 160 valence electrons. The van der Waals surface area contributed by atoms with Gasteiger partial charge in [0, 0.05) is 47.8 Å². The largest absolute Gasteiger partial charge is 0.381 e. The Bertz CT molecular complexity index is 1130. The molecule has 1 N–H and O–H groups in total. The maximum atomic E-state index is 12.7. The number of amides is 1. The quantitative estimate of drug-likeness (QED) is 0.639. The average Bonchev–Trinajstić information content (AvgIpc) is 3.47. The van der Waals surface area contributed by atoms with E-state index in [0.717, 1.165) is 36.9 Å². The van der Waals surface area contributed by atoms with Crippen LogP contribution < -0.4 is 10.2 Å². The third-order valence-corrected chi connectivity index (χ3v) is 6.69. The lowest BCUT2D eigenvalue weighted by Gasteiger charge is -2.24. The lowest BCUT2D eigenvalue weighted by Crippen LogP contribution is -2.32. The first-order valence-corrected chi connectivity index (χ1v) is 11.4. The van der Waals surface area contributed by atoms with Crippen LogP contribution in [0.4, 0.5) is 5.69 Å². The van der Waals surface area contributed by atoms with Gasteiger partial charge in [0.1, 0.15) is 6.33 Å². The molecule has 3 aromatic rings. The summed E-state index contributed by atoms with van der Waals surface area (Å²) in [7, 11) is 0. The van der Waals surface area contributed by atoms with Gasteiger partial charge in [-0.2, -0.15) is 0 Å². The topological polar surface area (TPSA) is 84.7 Å². The molecule has 1 saturated heterocycles. The Balaban J connectivity index is 1.18. The van der Waals surface area contributed by atoms with Crippen LogP contribution in [0.5, 0.6) is 0 Å². The van der Waals surface area contributed by atoms with Gasteiger partial charge in [0.15, 0.2) is 0 Å². The molecule has 2 aliphatic heterocycles. The fraction of sp³-hybridized carbons (Fsp3) is 0.364. The fourth-order valence-corrected chi connectivity index (χ4v) is 4.81. The van der Waals surface area contributed by atoms with Gasteiger partial charge in [0.25, 0.3) is 11.7 Å². The molecule has 0 spiro atoms. The van der Waals surface area contributed by atoms with Crippen LogP contribution in [0.1, 0.15) is 34.5 Å².